The zero-order chi connectivity index (χ0) is 15.5. The number of nitro groups is 1. The molecule has 118 valence electrons. The third kappa shape index (κ3) is 4.82. The van der Waals surface area contributed by atoms with E-state index in [-0.39, 0.29) is 16.7 Å². The normalized spacial score (nSPS) is 12.1. The lowest BCUT2D eigenvalue weighted by Gasteiger charge is -2.22. The minimum atomic E-state index is -4.92. The van der Waals surface area contributed by atoms with E-state index in [1.165, 1.54) is 12.1 Å². The van der Waals surface area contributed by atoms with Gasteiger partial charge in [-0.2, -0.15) is 8.42 Å². The summed E-state index contributed by atoms with van der Waals surface area (Å²) >= 11 is 0. The Balaban J connectivity index is 0.00000400. The highest BCUT2D eigenvalue weighted by Crippen LogP contribution is 2.29. The van der Waals surface area contributed by atoms with Crippen LogP contribution in [0.1, 0.15) is 0 Å². The highest BCUT2D eigenvalue weighted by atomic mass is 35.5. The summed E-state index contributed by atoms with van der Waals surface area (Å²) in [6.45, 7) is -0.848. The maximum Gasteiger partial charge on any atom is 0.360 e. The summed E-state index contributed by atoms with van der Waals surface area (Å²) in [5.41, 5.74) is 4.11. The van der Waals surface area contributed by atoms with Gasteiger partial charge in [-0.1, -0.05) is 12.1 Å². The van der Waals surface area contributed by atoms with Crippen LogP contribution >= 0.6 is 12.4 Å². The van der Waals surface area contributed by atoms with Crippen LogP contribution in [0.25, 0.3) is 0 Å². The second kappa shape index (κ2) is 7.17. The van der Waals surface area contributed by atoms with Crippen molar-refractivity contribution < 1.29 is 27.8 Å². The van der Waals surface area contributed by atoms with Gasteiger partial charge in [0, 0.05) is 6.07 Å². The van der Waals surface area contributed by atoms with Crippen LogP contribution in [-0.4, -0.2) is 41.6 Å². The molecule has 0 aliphatic heterocycles. The summed E-state index contributed by atoms with van der Waals surface area (Å²) in [4.78, 5) is 20.6. The van der Waals surface area contributed by atoms with E-state index in [1.807, 2.05) is 0 Å². The van der Waals surface area contributed by atoms with Gasteiger partial charge in [0.25, 0.3) is 5.69 Å². The van der Waals surface area contributed by atoms with Crippen LogP contribution in [0.3, 0.4) is 0 Å². The predicted octanol–water partition coefficient (Wildman–Crippen LogP) is 0.0377. The van der Waals surface area contributed by atoms with Gasteiger partial charge in [0.05, 0.1) is 11.5 Å². The maximum absolute atomic E-state index is 11.3. The first kappa shape index (κ1) is 19.1. The van der Waals surface area contributed by atoms with E-state index in [2.05, 4.69) is 0 Å². The zero-order valence-electron chi connectivity index (χ0n) is 10.3. The molecule has 0 fully saturated rings. The number of hydrogen-bond donors (Lipinski definition) is 3. The molecule has 0 aromatic heterocycles. The molecular formula is C9H12ClN3O7S. The minimum absolute atomic E-state index is 0. The first-order valence-electron chi connectivity index (χ1n) is 5.11. The Labute approximate surface area is 125 Å². The van der Waals surface area contributed by atoms with Gasteiger partial charge in [0.1, 0.15) is 11.7 Å². The van der Waals surface area contributed by atoms with Gasteiger partial charge in [-0.3, -0.25) is 19.5 Å². The third-order valence-corrected chi connectivity index (χ3v) is 3.21. The van der Waals surface area contributed by atoms with Crippen molar-refractivity contribution in [3.8, 4) is 0 Å². The average Bonchev–Trinajstić information content (AvgIpc) is 2.33. The molecule has 1 aromatic rings. The number of rotatable bonds is 6. The highest BCUT2D eigenvalue weighted by molar-refractivity contribution is 7.87. The maximum atomic E-state index is 11.3. The number of para-hydroxylation sites is 2. The summed E-state index contributed by atoms with van der Waals surface area (Å²) < 4.78 is 31.8. The molecule has 1 aromatic carbocycles. The number of nitrogens with zero attached hydrogens (tertiary/aromatic N) is 2. The number of hydrogen-bond acceptors (Lipinski definition) is 6. The quantitative estimate of drug-likeness (QED) is 0.370. The van der Waals surface area contributed by atoms with Gasteiger partial charge >= 0.3 is 16.3 Å². The molecule has 0 bridgehead atoms. The monoisotopic (exact) mass is 341 g/mol. The number of carboxylic acids is 1. The summed E-state index contributed by atoms with van der Waals surface area (Å²) in [6.07, 6.45) is 0. The Kier molecular flexibility index (Phi) is 6.51. The minimum Gasteiger partial charge on any atom is -0.480 e. The molecule has 0 unspecified atom stereocenters. The van der Waals surface area contributed by atoms with Crippen molar-refractivity contribution in [1.82, 2.24) is 0 Å². The molecule has 0 saturated heterocycles. The largest absolute Gasteiger partial charge is 0.480 e. The van der Waals surface area contributed by atoms with Gasteiger partial charge in [0.15, 0.2) is 0 Å². The molecule has 0 aliphatic rings. The smallest absolute Gasteiger partial charge is 0.360 e. The fourth-order valence-corrected chi connectivity index (χ4v) is 2.15. The molecule has 4 N–H and O–H groups in total. The zero-order valence-corrected chi connectivity index (χ0v) is 12.0. The van der Waals surface area contributed by atoms with Crippen LogP contribution in [0.4, 0.5) is 11.4 Å². The summed E-state index contributed by atoms with van der Waals surface area (Å²) in [7, 11) is -4.92. The number of anilines is 1. The van der Waals surface area contributed by atoms with Gasteiger partial charge < -0.3 is 10.8 Å². The Morgan fingerprint density at radius 1 is 1.43 bits per heavy atom. The van der Waals surface area contributed by atoms with Gasteiger partial charge in [-0.15, -0.1) is 12.4 Å². The van der Waals surface area contributed by atoms with Gasteiger partial charge in [-0.05, 0) is 6.07 Å². The van der Waals surface area contributed by atoms with Crippen LogP contribution in [0, 0.1) is 10.1 Å². The lowest BCUT2D eigenvalue weighted by molar-refractivity contribution is -0.384. The van der Waals surface area contributed by atoms with Gasteiger partial charge in [0.2, 0.25) is 0 Å². The molecule has 10 nitrogen and oxygen atoms in total. The van der Waals surface area contributed by atoms with Crippen molar-refractivity contribution in [1.29, 1.82) is 0 Å². The van der Waals surface area contributed by atoms with E-state index in [4.69, 9.17) is 15.4 Å². The highest BCUT2D eigenvalue weighted by Gasteiger charge is 2.30. The molecule has 0 aliphatic carbocycles. The number of nitrogens with two attached hydrogens (primary N) is 1. The van der Waals surface area contributed by atoms with E-state index in [0.717, 1.165) is 12.1 Å². The van der Waals surface area contributed by atoms with E-state index >= 15 is 0 Å². The summed E-state index contributed by atoms with van der Waals surface area (Å²) in [5, 5.41) is 19.5. The number of carbonyl (C=O) groups is 1. The second-order valence-electron chi connectivity index (χ2n) is 3.70. The van der Waals surface area contributed by atoms with Gasteiger partial charge in [-0.25, -0.2) is 4.31 Å². The Morgan fingerprint density at radius 3 is 2.38 bits per heavy atom. The molecule has 12 heteroatoms. The first-order chi connectivity index (χ1) is 9.14. The Hall–Kier alpha value is -1.95. The fourth-order valence-electron chi connectivity index (χ4n) is 1.40. The molecule has 0 radical (unpaired) electrons. The van der Waals surface area contributed by atoms with Crippen LogP contribution in [-0.2, 0) is 15.1 Å². The third-order valence-electron chi connectivity index (χ3n) is 2.31. The lowest BCUT2D eigenvalue weighted by atomic mass is 10.2. The molecule has 0 saturated carbocycles. The molecule has 0 spiro atoms. The van der Waals surface area contributed by atoms with Crippen molar-refractivity contribution in [3.05, 3.63) is 34.4 Å². The number of benzene rings is 1. The van der Waals surface area contributed by atoms with Crippen molar-refractivity contribution in [2.24, 2.45) is 5.73 Å². The van der Waals surface area contributed by atoms with E-state index in [1.54, 1.807) is 0 Å². The van der Waals surface area contributed by atoms with Crippen LogP contribution in [0.2, 0.25) is 0 Å². The predicted molar refractivity (Wildman–Crippen MR) is 74.9 cm³/mol. The van der Waals surface area contributed by atoms with E-state index < -0.39 is 45.2 Å². The average molecular weight is 342 g/mol. The molecule has 1 atom stereocenters. The van der Waals surface area contributed by atoms with E-state index in [9.17, 15) is 23.3 Å². The fraction of sp³-hybridized carbons (Fsp3) is 0.222. The molecule has 0 heterocycles. The van der Waals surface area contributed by atoms with Crippen molar-refractivity contribution in [3.63, 3.8) is 0 Å². The number of aliphatic carboxylic acids is 1. The number of halogens is 1. The topological polar surface area (TPSA) is 164 Å². The number of carboxylic acid groups (broad SMARTS) is 1. The van der Waals surface area contributed by atoms with Crippen molar-refractivity contribution >= 4 is 40.1 Å². The van der Waals surface area contributed by atoms with Crippen LogP contribution in [0.5, 0.6) is 0 Å². The molecule has 0 amide bonds. The molecular weight excluding hydrogens is 330 g/mol. The van der Waals surface area contributed by atoms with Crippen LogP contribution < -0.4 is 10.0 Å². The van der Waals surface area contributed by atoms with E-state index in [0.29, 0.717) is 0 Å². The van der Waals surface area contributed by atoms with Crippen molar-refractivity contribution in [2.45, 2.75) is 6.04 Å². The summed E-state index contributed by atoms with van der Waals surface area (Å²) in [5.74, 6) is -1.52. The summed E-state index contributed by atoms with van der Waals surface area (Å²) in [6, 6.07) is 3.00. The lowest BCUT2D eigenvalue weighted by Crippen LogP contribution is -2.45. The van der Waals surface area contributed by atoms with Crippen LogP contribution in [0.15, 0.2) is 24.3 Å². The standard InChI is InChI=1S/C9H11N3O7S.ClH/c10-6(9(13)14)5-11(20(17,18)19)7-3-1-2-4-8(7)12(15)16;/h1-4,6H,5,10H2,(H,13,14)(H,17,18,19);1H/t6-;/m0./s1. The Bertz CT molecular complexity index is 636. The first-order valence-corrected chi connectivity index (χ1v) is 6.51. The van der Waals surface area contributed by atoms with Crippen molar-refractivity contribution in [2.75, 3.05) is 10.8 Å². The second-order valence-corrected chi connectivity index (χ2v) is 5.04. The molecule has 21 heavy (non-hydrogen) atoms. The Morgan fingerprint density at radius 2 is 1.95 bits per heavy atom. The number of nitro benzene ring substituents is 1. The SMILES string of the molecule is Cl.N[C@@H](CN(c1ccccc1[N+](=O)[O-])S(=O)(=O)O)C(=O)O. The molecule has 1 rings (SSSR count).